The molecule has 2 fully saturated rings. The highest BCUT2D eigenvalue weighted by atomic mass is 32.1. The number of piperidine rings is 1. The molecule has 0 spiro atoms. The third-order valence-electron chi connectivity index (χ3n) is 5.62. The summed E-state index contributed by atoms with van der Waals surface area (Å²) in [5.41, 5.74) is -0.370. The van der Waals surface area contributed by atoms with Crippen LogP contribution in [-0.4, -0.2) is 51.3 Å². The van der Waals surface area contributed by atoms with E-state index in [4.69, 9.17) is 4.98 Å². The smallest absolute Gasteiger partial charge is 0.341 e. The molecule has 0 bridgehead atoms. The van der Waals surface area contributed by atoms with Crippen LogP contribution in [0.5, 0.6) is 0 Å². The Hall–Kier alpha value is -2.78. The van der Waals surface area contributed by atoms with Gasteiger partial charge in [0.05, 0.1) is 5.39 Å². The number of rotatable bonds is 3. The van der Waals surface area contributed by atoms with E-state index in [1.54, 1.807) is 22.2 Å². The number of fused-ring (bicyclic) bond motifs is 2. The van der Waals surface area contributed by atoms with Crippen molar-refractivity contribution in [3.05, 3.63) is 45.7 Å². The maximum Gasteiger partial charge on any atom is 0.341 e. The van der Waals surface area contributed by atoms with E-state index in [1.165, 1.54) is 30.4 Å². The maximum absolute atomic E-state index is 12.7. The van der Waals surface area contributed by atoms with Gasteiger partial charge in [0.15, 0.2) is 10.8 Å². The molecule has 2 N–H and O–H groups in total. The normalized spacial score (nSPS) is 21.8. The predicted octanol–water partition coefficient (Wildman–Crippen LogP) is 1.73. The van der Waals surface area contributed by atoms with E-state index < -0.39 is 11.4 Å². The summed E-state index contributed by atoms with van der Waals surface area (Å²) in [6.45, 7) is 2.88. The molecule has 2 aliphatic rings. The molecule has 2 aliphatic heterocycles. The van der Waals surface area contributed by atoms with Crippen LogP contribution in [0.2, 0.25) is 0 Å². The lowest BCUT2D eigenvalue weighted by Crippen LogP contribution is -2.40. The zero-order valence-electron chi connectivity index (χ0n) is 15.0. The first-order chi connectivity index (χ1) is 13.6. The molecule has 0 amide bonds. The summed E-state index contributed by atoms with van der Waals surface area (Å²) in [5.74, 6) is 0.161. The van der Waals surface area contributed by atoms with E-state index in [2.05, 4.69) is 15.2 Å². The van der Waals surface area contributed by atoms with Gasteiger partial charge in [0.2, 0.25) is 5.43 Å². The average molecular weight is 397 g/mol. The van der Waals surface area contributed by atoms with Gasteiger partial charge in [-0.25, -0.2) is 14.8 Å². The van der Waals surface area contributed by atoms with Gasteiger partial charge in [0.25, 0.3) is 0 Å². The number of thiazole rings is 1. The van der Waals surface area contributed by atoms with Crippen molar-refractivity contribution in [2.75, 3.05) is 24.5 Å². The number of aromatic carboxylic acids is 1. The van der Waals surface area contributed by atoms with Crippen LogP contribution in [0.25, 0.3) is 16.2 Å². The van der Waals surface area contributed by atoms with E-state index in [0.717, 1.165) is 25.5 Å². The molecule has 0 radical (unpaired) electrons. The van der Waals surface area contributed by atoms with Crippen LogP contribution in [0.1, 0.15) is 23.2 Å². The fraction of sp³-hybridized carbons (Fsp3) is 0.368. The van der Waals surface area contributed by atoms with Gasteiger partial charge in [-0.3, -0.25) is 9.36 Å². The number of carboxylic acid groups (broad SMARTS) is 1. The molecule has 0 saturated carbocycles. The van der Waals surface area contributed by atoms with E-state index in [1.807, 2.05) is 6.07 Å². The predicted molar refractivity (Wildman–Crippen MR) is 107 cm³/mol. The number of pyridine rings is 2. The minimum Gasteiger partial charge on any atom is -0.477 e. The first kappa shape index (κ1) is 17.3. The largest absolute Gasteiger partial charge is 0.477 e. The third-order valence-corrected chi connectivity index (χ3v) is 6.39. The summed E-state index contributed by atoms with van der Waals surface area (Å²) in [6, 6.07) is 3.98. The van der Waals surface area contributed by atoms with Crippen molar-refractivity contribution >= 4 is 34.2 Å². The number of aromatic nitrogens is 3. The molecule has 9 heteroatoms. The molecule has 5 rings (SSSR count). The van der Waals surface area contributed by atoms with E-state index in [-0.39, 0.29) is 10.9 Å². The number of carbonyl (C=O) groups is 1. The maximum atomic E-state index is 12.7. The van der Waals surface area contributed by atoms with Crippen LogP contribution in [0.4, 0.5) is 5.82 Å². The molecule has 28 heavy (non-hydrogen) atoms. The van der Waals surface area contributed by atoms with E-state index in [9.17, 15) is 14.7 Å². The molecule has 2 atom stereocenters. The lowest BCUT2D eigenvalue weighted by Gasteiger charge is -2.24. The molecule has 8 nitrogen and oxygen atoms in total. The Morgan fingerprint density at radius 3 is 2.96 bits per heavy atom. The number of carboxylic acids is 1. The second-order valence-electron chi connectivity index (χ2n) is 7.27. The Bertz CT molecular complexity index is 1100. The highest BCUT2D eigenvalue weighted by molar-refractivity contribution is 7.12. The van der Waals surface area contributed by atoms with Crippen LogP contribution in [0, 0.1) is 5.92 Å². The van der Waals surface area contributed by atoms with Crippen molar-refractivity contribution in [3.63, 3.8) is 0 Å². The molecule has 0 unspecified atom stereocenters. The van der Waals surface area contributed by atoms with Gasteiger partial charge in [-0.15, -0.1) is 11.3 Å². The first-order valence-corrected chi connectivity index (χ1v) is 10.2. The summed E-state index contributed by atoms with van der Waals surface area (Å²) in [5, 5.41) is 15.7. The molecule has 0 aliphatic carbocycles. The lowest BCUT2D eigenvalue weighted by atomic mass is 9.94. The number of nitrogens with one attached hydrogen (secondary N) is 1. The van der Waals surface area contributed by atoms with Crippen molar-refractivity contribution in [2.45, 2.75) is 18.9 Å². The van der Waals surface area contributed by atoms with Gasteiger partial charge >= 0.3 is 5.97 Å². The van der Waals surface area contributed by atoms with Crippen molar-refractivity contribution in [1.29, 1.82) is 0 Å². The van der Waals surface area contributed by atoms with Crippen molar-refractivity contribution in [1.82, 2.24) is 19.9 Å². The summed E-state index contributed by atoms with van der Waals surface area (Å²) in [4.78, 5) is 35.5. The Morgan fingerprint density at radius 2 is 2.21 bits per heavy atom. The molecular weight excluding hydrogens is 378 g/mol. The molecule has 2 saturated heterocycles. The highest BCUT2D eigenvalue weighted by Gasteiger charge is 2.35. The zero-order valence-corrected chi connectivity index (χ0v) is 15.9. The molecule has 0 aromatic carbocycles. The monoisotopic (exact) mass is 397 g/mol. The fourth-order valence-electron chi connectivity index (χ4n) is 4.24. The minimum absolute atomic E-state index is 0.284. The highest BCUT2D eigenvalue weighted by Crippen LogP contribution is 2.29. The molecule has 3 aromatic rings. The molecule has 3 aromatic heterocycles. The van der Waals surface area contributed by atoms with Gasteiger partial charge in [-0.1, -0.05) is 0 Å². The first-order valence-electron chi connectivity index (χ1n) is 9.30. The lowest BCUT2D eigenvalue weighted by molar-refractivity contribution is 0.0695. The fourth-order valence-corrected chi connectivity index (χ4v) is 4.85. The topological polar surface area (TPSA) is 100 Å². The van der Waals surface area contributed by atoms with Crippen molar-refractivity contribution in [3.8, 4) is 5.13 Å². The summed E-state index contributed by atoms with van der Waals surface area (Å²) < 4.78 is 1.61. The summed E-state index contributed by atoms with van der Waals surface area (Å²) in [6.07, 6.45) is 5.38. The molecular formula is C19H19N5O3S. The van der Waals surface area contributed by atoms with Gasteiger partial charge in [0, 0.05) is 36.9 Å². The molecule has 144 valence electrons. The van der Waals surface area contributed by atoms with Crippen LogP contribution in [0.3, 0.4) is 0 Å². The van der Waals surface area contributed by atoms with Crippen molar-refractivity contribution < 1.29 is 9.90 Å². The SMILES string of the molecule is O=C(O)c1cn(-c2nccs2)c2nc(N3C[C@@H]4CCCN[C@@H]4C3)ccc2c1=O. The van der Waals surface area contributed by atoms with E-state index >= 15 is 0 Å². The number of anilines is 1. The van der Waals surface area contributed by atoms with Gasteiger partial charge < -0.3 is 15.3 Å². The Morgan fingerprint density at radius 1 is 1.32 bits per heavy atom. The Kier molecular flexibility index (Phi) is 4.13. The van der Waals surface area contributed by atoms with Crippen molar-refractivity contribution in [2.24, 2.45) is 5.92 Å². The Balaban J connectivity index is 1.65. The standard InChI is InChI=1S/C19H19N5O3S/c25-16-12-3-4-15(23-8-11-2-1-5-20-14(11)10-23)22-17(12)24(9-13(16)18(26)27)19-21-6-7-28-19/h3-4,6-7,9,11,14,20H,1-2,5,8,10H2,(H,26,27)/t11-,14+/m0/s1. The number of hydrogen-bond acceptors (Lipinski definition) is 7. The number of hydrogen-bond donors (Lipinski definition) is 2. The zero-order chi connectivity index (χ0) is 19.3. The number of nitrogens with zero attached hydrogens (tertiary/aromatic N) is 4. The quantitative estimate of drug-likeness (QED) is 0.694. The molecule has 5 heterocycles. The van der Waals surface area contributed by atoms with Gasteiger partial charge in [-0.05, 0) is 37.4 Å². The van der Waals surface area contributed by atoms with E-state index in [0.29, 0.717) is 22.7 Å². The minimum atomic E-state index is -1.25. The van der Waals surface area contributed by atoms with Crippen LogP contribution in [0.15, 0.2) is 34.7 Å². The van der Waals surface area contributed by atoms with Crippen LogP contribution < -0.4 is 15.6 Å². The second-order valence-corrected chi connectivity index (χ2v) is 8.14. The third kappa shape index (κ3) is 2.78. The Labute approximate surface area is 164 Å². The summed E-state index contributed by atoms with van der Waals surface area (Å²) >= 11 is 1.36. The van der Waals surface area contributed by atoms with Gasteiger partial charge in [-0.2, -0.15) is 0 Å². The van der Waals surface area contributed by atoms with Gasteiger partial charge in [0.1, 0.15) is 11.4 Å². The van der Waals surface area contributed by atoms with Crippen LogP contribution >= 0.6 is 11.3 Å². The second kappa shape index (κ2) is 6.68. The average Bonchev–Trinajstić information content (AvgIpc) is 3.37. The summed E-state index contributed by atoms with van der Waals surface area (Å²) in [7, 11) is 0. The van der Waals surface area contributed by atoms with Crippen LogP contribution in [-0.2, 0) is 0 Å².